The maximum Gasteiger partial charge on any atom is 0.175 e. The molecule has 0 bridgehead atoms. The van der Waals surface area contributed by atoms with Gasteiger partial charge in [0.15, 0.2) is 17.3 Å². The lowest BCUT2D eigenvalue weighted by Gasteiger charge is -2.22. The predicted molar refractivity (Wildman–Crippen MR) is 67.5 cm³/mol. The lowest BCUT2D eigenvalue weighted by molar-refractivity contribution is 0.0949. The summed E-state index contributed by atoms with van der Waals surface area (Å²) in [5.41, 5.74) is 0.139. The van der Waals surface area contributed by atoms with Gasteiger partial charge in [0.25, 0.3) is 0 Å². The number of methoxy groups -OCH3 is 1. The Balaban J connectivity index is 2.08. The topological polar surface area (TPSA) is 38.3 Å². The van der Waals surface area contributed by atoms with Gasteiger partial charge in [-0.3, -0.25) is 4.79 Å². The summed E-state index contributed by atoms with van der Waals surface area (Å²) >= 11 is 0. The SMILES string of the molecule is COc1cccc(C(=O)CC2CCCNC2)c1F. The molecule has 1 N–H and O–H groups in total. The summed E-state index contributed by atoms with van der Waals surface area (Å²) in [6.07, 6.45) is 2.51. The molecule has 1 aromatic carbocycles. The minimum atomic E-state index is -0.547. The second-order valence-electron chi connectivity index (χ2n) is 4.66. The molecule has 1 atom stereocenters. The van der Waals surface area contributed by atoms with Crippen molar-refractivity contribution in [2.45, 2.75) is 19.3 Å². The van der Waals surface area contributed by atoms with Crippen LogP contribution in [0.4, 0.5) is 4.39 Å². The summed E-state index contributed by atoms with van der Waals surface area (Å²) in [7, 11) is 1.40. The van der Waals surface area contributed by atoms with Crippen LogP contribution in [0.5, 0.6) is 5.75 Å². The van der Waals surface area contributed by atoms with E-state index in [0.29, 0.717) is 12.3 Å². The number of Topliss-reactive ketones (excluding diaryl/α,β-unsaturated/α-hetero) is 1. The van der Waals surface area contributed by atoms with Crippen LogP contribution in [-0.2, 0) is 0 Å². The number of nitrogens with one attached hydrogen (secondary N) is 1. The molecule has 1 aliphatic rings. The number of hydrogen-bond donors (Lipinski definition) is 1. The van der Waals surface area contributed by atoms with Crippen molar-refractivity contribution in [3.8, 4) is 5.75 Å². The van der Waals surface area contributed by atoms with E-state index < -0.39 is 5.82 Å². The second-order valence-corrected chi connectivity index (χ2v) is 4.66. The van der Waals surface area contributed by atoms with Crippen molar-refractivity contribution < 1.29 is 13.9 Å². The Morgan fingerprint density at radius 3 is 3.06 bits per heavy atom. The summed E-state index contributed by atoms with van der Waals surface area (Å²) < 4.78 is 18.8. The van der Waals surface area contributed by atoms with Crippen LogP contribution in [0.15, 0.2) is 18.2 Å². The minimum Gasteiger partial charge on any atom is -0.494 e. The second kappa shape index (κ2) is 5.96. The maximum atomic E-state index is 13.9. The van der Waals surface area contributed by atoms with Gasteiger partial charge in [0.2, 0.25) is 0 Å². The molecule has 98 valence electrons. The van der Waals surface area contributed by atoms with Crippen LogP contribution in [0.2, 0.25) is 0 Å². The van der Waals surface area contributed by atoms with Crippen LogP contribution in [0.25, 0.3) is 0 Å². The van der Waals surface area contributed by atoms with Crippen molar-refractivity contribution in [1.82, 2.24) is 5.32 Å². The van der Waals surface area contributed by atoms with Gasteiger partial charge < -0.3 is 10.1 Å². The first kappa shape index (κ1) is 13.0. The lowest BCUT2D eigenvalue weighted by atomic mass is 9.92. The number of halogens is 1. The summed E-state index contributed by atoms with van der Waals surface area (Å²) in [5.74, 6) is -0.242. The molecule has 0 spiro atoms. The van der Waals surface area contributed by atoms with E-state index in [1.54, 1.807) is 6.07 Å². The highest BCUT2D eigenvalue weighted by atomic mass is 19.1. The highest BCUT2D eigenvalue weighted by Crippen LogP contribution is 2.23. The monoisotopic (exact) mass is 251 g/mol. The number of piperidine rings is 1. The van der Waals surface area contributed by atoms with Gasteiger partial charge in [-0.05, 0) is 44.0 Å². The first-order chi connectivity index (χ1) is 8.72. The van der Waals surface area contributed by atoms with Gasteiger partial charge in [-0.2, -0.15) is 0 Å². The van der Waals surface area contributed by atoms with Crippen molar-refractivity contribution >= 4 is 5.78 Å². The van der Waals surface area contributed by atoms with E-state index >= 15 is 0 Å². The van der Waals surface area contributed by atoms with Gasteiger partial charge in [0, 0.05) is 6.42 Å². The van der Waals surface area contributed by atoms with Crippen LogP contribution < -0.4 is 10.1 Å². The highest BCUT2D eigenvalue weighted by Gasteiger charge is 2.21. The Labute approximate surface area is 106 Å². The van der Waals surface area contributed by atoms with Gasteiger partial charge in [-0.1, -0.05) is 6.07 Å². The van der Waals surface area contributed by atoms with Gasteiger partial charge in [-0.25, -0.2) is 4.39 Å². The molecule has 0 amide bonds. The Kier molecular flexibility index (Phi) is 4.31. The van der Waals surface area contributed by atoms with Crippen LogP contribution in [0.3, 0.4) is 0 Å². The molecule has 0 aromatic heterocycles. The summed E-state index contributed by atoms with van der Waals surface area (Å²) in [6.45, 7) is 1.86. The molecule has 0 radical (unpaired) electrons. The van der Waals surface area contributed by atoms with Gasteiger partial charge >= 0.3 is 0 Å². The standard InChI is InChI=1S/C14H18FNO2/c1-18-13-6-2-5-11(14(13)15)12(17)8-10-4-3-7-16-9-10/h2,5-6,10,16H,3-4,7-9H2,1H3. The molecule has 1 heterocycles. The number of ketones is 1. The van der Waals surface area contributed by atoms with Crippen LogP contribution in [0.1, 0.15) is 29.6 Å². The third-order valence-corrected chi connectivity index (χ3v) is 3.36. The van der Waals surface area contributed by atoms with Gasteiger partial charge in [0.05, 0.1) is 12.7 Å². The zero-order valence-corrected chi connectivity index (χ0v) is 10.5. The highest BCUT2D eigenvalue weighted by molar-refractivity contribution is 5.96. The van der Waals surface area contributed by atoms with Crippen LogP contribution in [-0.4, -0.2) is 26.0 Å². The zero-order valence-electron chi connectivity index (χ0n) is 10.5. The van der Waals surface area contributed by atoms with Crippen molar-refractivity contribution in [2.75, 3.05) is 20.2 Å². The fraction of sp³-hybridized carbons (Fsp3) is 0.500. The molecule has 18 heavy (non-hydrogen) atoms. The van der Waals surface area contributed by atoms with E-state index in [-0.39, 0.29) is 17.1 Å². The Hall–Kier alpha value is -1.42. The zero-order chi connectivity index (χ0) is 13.0. The van der Waals surface area contributed by atoms with E-state index in [2.05, 4.69) is 5.32 Å². The number of benzene rings is 1. The molecule has 2 rings (SSSR count). The fourth-order valence-corrected chi connectivity index (χ4v) is 2.35. The van der Waals surface area contributed by atoms with E-state index in [4.69, 9.17) is 4.74 Å². The van der Waals surface area contributed by atoms with Crippen LogP contribution in [0, 0.1) is 11.7 Å². The molecule has 0 aliphatic carbocycles. The number of carbonyl (C=O) groups is 1. The average Bonchev–Trinajstić information content (AvgIpc) is 2.40. The molecule has 1 aromatic rings. The smallest absolute Gasteiger partial charge is 0.175 e. The summed E-state index contributed by atoms with van der Waals surface area (Å²) in [5, 5.41) is 3.26. The number of ether oxygens (including phenoxy) is 1. The number of hydrogen-bond acceptors (Lipinski definition) is 3. The van der Waals surface area contributed by atoms with Crippen molar-refractivity contribution in [1.29, 1.82) is 0 Å². The normalized spacial score (nSPS) is 19.6. The first-order valence-electron chi connectivity index (χ1n) is 6.28. The summed E-state index contributed by atoms with van der Waals surface area (Å²) in [4.78, 5) is 12.1. The molecule has 1 fully saturated rings. The third kappa shape index (κ3) is 2.88. The molecule has 1 unspecified atom stereocenters. The fourth-order valence-electron chi connectivity index (χ4n) is 2.35. The quantitative estimate of drug-likeness (QED) is 0.835. The lowest BCUT2D eigenvalue weighted by Crippen LogP contribution is -2.31. The molecular weight excluding hydrogens is 233 g/mol. The van der Waals surface area contributed by atoms with Crippen molar-refractivity contribution in [2.24, 2.45) is 5.92 Å². The van der Waals surface area contributed by atoms with Crippen molar-refractivity contribution in [3.63, 3.8) is 0 Å². The Morgan fingerprint density at radius 1 is 1.56 bits per heavy atom. The Bertz CT molecular complexity index is 428. The predicted octanol–water partition coefficient (Wildman–Crippen LogP) is 2.41. The van der Waals surface area contributed by atoms with Crippen molar-refractivity contribution in [3.05, 3.63) is 29.6 Å². The van der Waals surface area contributed by atoms with Gasteiger partial charge in [-0.15, -0.1) is 0 Å². The van der Waals surface area contributed by atoms with E-state index in [1.165, 1.54) is 19.2 Å². The van der Waals surface area contributed by atoms with Crippen LogP contribution >= 0.6 is 0 Å². The molecule has 1 aliphatic heterocycles. The van der Waals surface area contributed by atoms with Gasteiger partial charge in [0.1, 0.15) is 0 Å². The molecule has 0 saturated carbocycles. The number of carbonyl (C=O) groups excluding carboxylic acids is 1. The molecule has 4 heteroatoms. The average molecular weight is 251 g/mol. The number of rotatable bonds is 4. The maximum absolute atomic E-state index is 13.9. The summed E-state index contributed by atoms with van der Waals surface area (Å²) in [6, 6.07) is 4.69. The largest absolute Gasteiger partial charge is 0.494 e. The van der Waals surface area contributed by atoms with E-state index in [9.17, 15) is 9.18 Å². The van der Waals surface area contributed by atoms with E-state index in [0.717, 1.165) is 25.9 Å². The Morgan fingerprint density at radius 2 is 2.39 bits per heavy atom. The molecule has 3 nitrogen and oxygen atoms in total. The van der Waals surface area contributed by atoms with E-state index in [1.807, 2.05) is 0 Å². The third-order valence-electron chi connectivity index (χ3n) is 3.36. The molecule has 1 saturated heterocycles. The minimum absolute atomic E-state index is 0.127. The molecular formula is C14H18FNO2. The first-order valence-corrected chi connectivity index (χ1v) is 6.28.